The van der Waals surface area contributed by atoms with E-state index in [4.69, 9.17) is 9.52 Å². The van der Waals surface area contributed by atoms with Crippen molar-refractivity contribution in [2.24, 2.45) is 5.92 Å². The second kappa shape index (κ2) is 4.46. The molecule has 0 spiro atoms. The molecule has 1 fully saturated rings. The highest BCUT2D eigenvalue weighted by molar-refractivity contribution is 5.77. The van der Waals surface area contributed by atoms with Crippen molar-refractivity contribution >= 4 is 22.8 Å². The fourth-order valence-corrected chi connectivity index (χ4v) is 2.52. The Kier molecular flexibility index (Phi) is 2.77. The lowest BCUT2D eigenvalue weighted by Crippen LogP contribution is -2.36. The van der Waals surface area contributed by atoms with Crippen LogP contribution in [0.25, 0.3) is 11.1 Å². The van der Waals surface area contributed by atoms with Crippen LogP contribution in [0.5, 0.6) is 0 Å². The van der Waals surface area contributed by atoms with E-state index in [9.17, 15) is 9.59 Å². The molecule has 0 atom stereocenters. The van der Waals surface area contributed by atoms with Crippen molar-refractivity contribution in [3.8, 4) is 0 Å². The van der Waals surface area contributed by atoms with Gasteiger partial charge in [0.2, 0.25) is 0 Å². The van der Waals surface area contributed by atoms with Crippen molar-refractivity contribution in [1.82, 2.24) is 4.98 Å². The summed E-state index contributed by atoms with van der Waals surface area (Å²) in [5.41, 5.74) is 2.16. The molecule has 1 aliphatic rings. The van der Waals surface area contributed by atoms with Gasteiger partial charge in [0.15, 0.2) is 5.58 Å². The Hall–Kier alpha value is -2.24. The smallest absolute Gasteiger partial charge is 0.417 e. The minimum absolute atomic E-state index is 0.245. The van der Waals surface area contributed by atoms with Crippen molar-refractivity contribution < 1.29 is 14.3 Å². The van der Waals surface area contributed by atoms with E-state index in [0.717, 1.165) is 5.69 Å². The molecule has 0 aliphatic carbocycles. The number of fused-ring (bicyclic) bond motifs is 1. The van der Waals surface area contributed by atoms with Gasteiger partial charge < -0.3 is 14.4 Å². The number of carbonyl (C=O) groups is 1. The van der Waals surface area contributed by atoms with Crippen LogP contribution < -0.4 is 10.7 Å². The zero-order valence-electron chi connectivity index (χ0n) is 10.3. The van der Waals surface area contributed by atoms with Crippen LogP contribution in [-0.4, -0.2) is 29.1 Å². The van der Waals surface area contributed by atoms with Gasteiger partial charge >= 0.3 is 11.7 Å². The third-order valence-corrected chi connectivity index (χ3v) is 3.61. The summed E-state index contributed by atoms with van der Waals surface area (Å²) in [7, 11) is 0. The maximum atomic E-state index is 11.1. The Morgan fingerprint density at radius 3 is 2.79 bits per heavy atom. The van der Waals surface area contributed by atoms with Gasteiger partial charge in [0.25, 0.3) is 0 Å². The lowest BCUT2D eigenvalue weighted by Gasteiger charge is -2.31. The molecular weight excluding hydrogens is 248 g/mol. The number of nitrogens with zero attached hydrogens (tertiary/aromatic N) is 1. The quantitative estimate of drug-likeness (QED) is 0.854. The van der Waals surface area contributed by atoms with E-state index in [0.29, 0.717) is 37.0 Å². The summed E-state index contributed by atoms with van der Waals surface area (Å²) in [5.74, 6) is -1.42. The number of piperidine rings is 1. The molecule has 0 bridgehead atoms. The highest BCUT2D eigenvalue weighted by Crippen LogP contribution is 2.25. The van der Waals surface area contributed by atoms with E-state index >= 15 is 0 Å². The molecule has 0 amide bonds. The van der Waals surface area contributed by atoms with Crippen molar-refractivity contribution in [3.63, 3.8) is 0 Å². The zero-order chi connectivity index (χ0) is 13.4. The molecule has 1 aromatic heterocycles. The molecule has 2 N–H and O–H groups in total. The topological polar surface area (TPSA) is 86.5 Å². The first-order chi connectivity index (χ1) is 9.13. The highest BCUT2D eigenvalue weighted by atomic mass is 16.4. The highest BCUT2D eigenvalue weighted by Gasteiger charge is 2.24. The molecule has 3 rings (SSSR count). The number of aromatic amines is 1. The van der Waals surface area contributed by atoms with E-state index in [1.807, 2.05) is 12.1 Å². The van der Waals surface area contributed by atoms with Gasteiger partial charge in [-0.25, -0.2) is 4.79 Å². The molecular formula is C13H14N2O4. The van der Waals surface area contributed by atoms with E-state index in [1.165, 1.54) is 0 Å². The number of aromatic nitrogens is 1. The lowest BCUT2D eigenvalue weighted by atomic mass is 9.97. The molecule has 0 unspecified atom stereocenters. The largest absolute Gasteiger partial charge is 0.481 e. The molecule has 1 saturated heterocycles. The maximum absolute atomic E-state index is 11.1. The molecule has 100 valence electrons. The second-order valence-corrected chi connectivity index (χ2v) is 4.79. The van der Waals surface area contributed by atoms with Crippen molar-refractivity contribution in [3.05, 3.63) is 28.7 Å². The molecule has 19 heavy (non-hydrogen) atoms. The Bertz CT molecular complexity index is 665. The second-order valence-electron chi connectivity index (χ2n) is 4.79. The first-order valence-corrected chi connectivity index (χ1v) is 6.24. The van der Waals surface area contributed by atoms with Crippen LogP contribution in [0.3, 0.4) is 0 Å². The average Bonchev–Trinajstić information content (AvgIpc) is 2.77. The monoisotopic (exact) mass is 262 g/mol. The molecule has 1 aliphatic heterocycles. The van der Waals surface area contributed by atoms with Gasteiger partial charge in [0, 0.05) is 24.8 Å². The Morgan fingerprint density at radius 1 is 1.37 bits per heavy atom. The van der Waals surface area contributed by atoms with Gasteiger partial charge in [0.05, 0.1) is 11.4 Å². The van der Waals surface area contributed by atoms with Gasteiger partial charge in [-0.15, -0.1) is 0 Å². The van der Waals surface area contributed by atoms with E-state index < -0.39 is 11.7 Å². The van der Waals surface area contributed by atoms with Crippen LogP contribution in [0, 0.1) is 5.92 Å². The number of carboxylic acid groups (broad SMARTS) is 1. The predicted molar refractivity (Wildman–Crippen MR) is 69.4 cm³/mol. The summed E-state index contributed by atoms with van der Waals surface area (Å²) in [6.45, 7) is 1.41. The van der Waals surface area contributed by atoms with Gasteiger partial charge in [-0.1, -0.05) is 0 Å². The summed E-state index contributed by atoms with van der Waals surface area (Å²) in [4.78, 5) is 26.7. The van der Waals surface area contributed by atoms with E-state index in [2.05, 4.69) is 9.88 Å². The molecule has 6 heteroatoms. The number of benzene rings is 1. The lowest BCUT2D eigenvalue weighted by molar-refractivity contribution is -0.142. The number of anilines is 1. The fourth-order valence-electron chi connectivity index (χ4n) is 2.52. The molecule has 2 aromatic rings. The van der Waals surface area contributed by atoms with Crippen LogP contribution >= 0.6 is 0 Å². The summed E-state index contributed by atoms with van der Waals surface area (Å²) < 4.78 is 5.03. The Morgan fingerprint density at radius 2 is 2.11 bits per heavy atom. The van der Waals surface area contributed by atoms with Gasteiger partial charge in [-0.05, 0) is 25.0 Å². The minimum atomic E-state index is -0.716. The average molecular weight is 262 g/mol. The van der Waals surface area contributed by atoms with Gasteiger partial charge in [-0.2, -0.15) is 0 Å². The van der Waals surface area contributed by atoms with Crippen molar-refractivity contribution in [2.75, 3.05) is 18.0 Å². The number of H-pyrrole nitrogens is 1. The standard InChI is InChI=1S/C13H14N2O4/c16-12(17)8-3-5-15(6-4-8)9-1-2-10-11(7-9)19-13(18)14-10/h1-2,7-8H,3-6H2,(H,14,18)(H,16,17). The summed E-state index contributed by atoms with van der Waals surface area (Å²) in [5, 5.41) is 8.97. The van der Waals surface area contributed by atoms with Crippen molar-refractivity contribution in [2.45, 2.75) is 12.8 Å². The fraction of sp³-hybridized carbons (Fsp3) is 0.385. The Balaban J connectivity index is 1.81. The van der Waals surface area contributed by atoms with Crippen LogP contribution in [0.15, 0.2) is 27.4 Å². The third kappa shape index (κ3) is 2.21. The molecule has 0 radical (unpaired) electrons. The van der Waals surface area contributed by atoms with Gasteiger partial charge in [-0.3, -0.25) is 9.78 Å². The number of nitrogens with one attached hydrogen (secondary N) is 1. The zero-order valence-corrected chi connectivity index (χ0v) is 10.3. The van der Waals surface area contributed by atoms with E-state index in [1.54, 1.807) is 6.07 Å². The first-order valence-electron chi connectivity index (χ1n) is 6.24. The number of aliphatic carboxylic acids is 1. The summed E-state index contributed by atoms with van der Waals surface area (Å²) >= 11 is 0. The number of rotatable bonds is 2. The van der Waals surface area contributed by atoms with E-state index in [-0.39, 0.29) is 5.92 Å². The molecule has 1 aromatic carbocycles. The number of oxazole rings is 1. The normalized spacial score (nSPS) is 16.9. The van der Waals surface area contributed by atoms with Crippen LogP contribution in [0.4, 0.5) is 5.69 Å². The molecule has 2 heterocycles. The molecule has 0 saturated carbocycles. The molecule has 6 nitrogen and oxygen atoms in total. The summed E-state index contributed by atoms with van der Waals surface area (Å²) in [6, 6.07) is 5.53. The Labute approximate surface area is 108 Å². The number of carboxylic acids is 1. The summed E-state index contributed by atoms with van der Waals surface area (Å²) in [6.07, 6.45) is 1.29. The SMILES string of the molecule is O=C(O)C1CCN(c2ccc3[nH]c(=O)oc3c2)CC1. The van der Waals surface area contributed by atoms with Crippen LogP contribution in [0.1, 0.15) is 12.8 Å². The first kappa shape index (κ1) is 11.8. The number of hydrogen-bond acceptors (Lipinski definition) is 4. The third-order valence-electron chi connectivity index (χ3n) is 3.61. The predicted octanol–water partition coefficient (Wildman–Crippen LogP) is 1.42. The van der Waals surface area contributed by atoms with Gasteiger partial charge in [0.1, 0.15) is 0 Å². The van der Waals surface area contributed by atoms with Crippen LogP contribution in [-0.2, 0) is 4.79 Å². The van der Waals surface area contributed by atoms with Crippen LogP contribution in [0.2, 0.25) is 0 Å². The number of hydrogen-bond donors (Lipinski definition) is 2. The minimum Gasteiger partial charge on any atom is -0.481 e. The maximum Gasteiger partial charge on any atom is 0.417 e. The van der Waals surface area contributed by atoms with Crippen molar-refractivity contribution in [1.29, 1.82) is 0 Å².